The monoisotopic (exact) mass is 188 g/mol. The molecule has 1 aliphatic rings. The molecule has 4 nitrogen and oxygen atoms in total. The Morgan fingerprint density at radius 1 is 1.46 bits per heavy atom. The van der Waals surface area contributed by atoms with Crippen LogP contribution < -0.4 is 0 Å². The van der Waals surface area contributed by atoms with E-state index in [2.05, 4.69) is 0 Å². The standard InChI is InChI=1S/C9H16O4/c1-4-7(10)6-5-8(11-2)13-9(6)12-3/h6,8-9H,4-5H2,1-3H3. The number of carbonyl (C=O) groups excluding carboxylic acids is 1. The lowest BCUT2D eigenvalue weighted by molar-refractivity contribution is -0.193. The maximum absolute atomic E-state index is 11.4. The summed E-state index contributed by atoms with van der Waals surface area (Å²) in [6.07, 6.45) is 0.384. The third kappa shape index (κ3) is 2.27. The van der Waals surface area contributed by atoms with E-state index in [0.717, 1.165) is 0 Å². The lowest BCUT2D eigenvalue weighted by Gasteiger charge is -2.14. The molecule has 13 heavy (non-hydrogen) atoms. The predicted molar refractivity (Wildman–Crippen MR) is 46.1 cm³/mol. The molecule has 1 heterocycles. The first-order valence-electron chi connectivity index (χ1n) is 4.46. The van der Waals surface area contributed by atoms with E-state index in [-0.39, 0.29) is 18.0 Å². The summed E-state index contributed by atoms with van der Waals surface area (Å²) >= 11 is 0. The van der Waals surface area contributed by atoms with Gasteiger partial charge >= 0.3 is 0 Å². The van der Waals surface area contributed by atoms with Crippen molar-refractivity contribution in [3.8, 4) is 0 Å². The smallest absolute Gasteiger partial charge is 0.170 e. The molecule has 0 N–H and O–H groups in total. The summed E-state index contributed by atoms with van der Waals surface area (Å²) in [7, 11) is 3.11. The molecular formula is C9H16O4. The maximum atomic E-state index is 11.4. The Labute approximate surface area is 78.2 Å². The fourth-order valence-electron chi connectivity index (χ4n) is 1.54. The minimum absolute atomic E-state index is 0.167. The second kappa shape index (κ2) is 4.69. The molecule has 76 valence electrons. The highest BCUT2D eigenvalue weighted by Crippen LogP contribution is 2.28. The molecule has 3 unspecified atom stereocenters. The zero-order valence-electron chi connectivity index (χ0n) is 8.28. The normalized spacial score (nSPS) is 33.6. The van der Waals surface area contributed by atoms with Crippen molar-refractivity contribution in [3.63, 3.8) is 0 Å². The first-order valence-corrected chi connectivity index (χ1v) is 4.46. The van der Waals surface area contributed by atoms with E-state index < -0.39 is 6.29 Å². The predicted octanol–water partition coefficient (Wildman–Crippen LogP) is 0.947. The van der Waals surface area contributed by atoms with Crippen LogP contribution in [-0.4, -0.2) is 32.6 Å². The van der Waals surface area contributed by atoms with Gasteiger partial charge < -0.3 is 14.2 Å². The molecular weight excluding hydrogens is 172 g/mol. The van der Waals surface area contributed by atoms with Crippen LogP contribution >= 0.6 is 0 Å². The van der Waals surface area contributed by atoms with Crippen molar-refractivity contribution in [1.82, 2.24) is 0 Å². The van der Waals surface area contributed by atoms with Crippen molar-refractivity contribution >= 4 is 5.78 Å². The molecule has 0 aromatic carbocycles. The molecule has 0 aromatic heterocycles. The Morgan fingerprint density at radius 3 is 2.62 bits per heavy atom. The SMILES string of the molecule is CCC(=O)C1CC(OC)OC1OC. The van der Waals surface area contributed by atoms with Crippen LogP contribution in [-0.2, 0) is 19.0 Å². The summed E-state index contributed by atoms with van der Waals surface area (Å²) in [4.78, 5) is 11.4. The molecule has 0 spiro atoms. The van der Waals surface area contributed by atoms with Gasteiger partial charge in [0.2, 0.25) is 0 Å². The van der Waals surface area contributed by atoms with E-state index in [1.807, 2.05) is 6.92 Å². The van der Waals surface area contributed by atoms with E-state index in [1.165, 1.54) is 0 Å². The molecule has 0 aromatic rings. The van der Waals surface area contributed by atoms with Gasteiger partial charge in [0, 0.05) is 27.1 Å². The van der Waals surface area contributed by atoms with E-state index >= 15 is 0 Å². The zero-order valence-corrected chi connectivity index (χ0v) is 8.28. The average molecular weight is 188 g/mol. The molecule has 1 saturated heterocycles. The number of rotatable bonds is 4. The van der Waals surface area contributed by atoms with Crippen molar-refractivity contribution in [2.24, 2.45) is 5.92 Å². The number of Topliss-reactive ketones (excluding diaryl/α,β-unsaturated/α-hetero) is 1. The first-order chi connectivity index (χ1) is 6.22. The highest BCUT2D eigenvalue weighted by molar-refractivity contribution is 5.81. The summed E-state index contributed by atoms with van der Waals surface area (Å²) in [6, 6.07) is 0. The number of hydrogen-bond donors (Lipinski definition) is 0. The van der Waals surface area contributed by atoms with Crippen molar-refractivity contribution < 1.29 is 19.0 Å². The van der Waals surface area contributed by atoms with Crippen LogP contribution in [0, 0.1) is 5.92 Å². The fourth-order valence-corrected chi connectivity index (χ4v) is 1.54. The third-order valence-corrected chi connectivity index (χ3v) is 2.32. The molecule has 4 heteroatoms. The minimum Gasteiger partial charge on any atom is -0.356 e. The Hall–Kier alpha value is -0.450. The van der Waals surface area contributed by atoms with Crippen LogP contribution in [0.2, 0.25) is 0 Å². The second-order valence-electron chi connectivity index (χ2n) is 3.07. The van der Waals surface area contributed by atoms with E-state index in [9.17, 15) is 4.79 Å². The van der Waals surface area contributed by atoms with E-state index in [4.69, 9.17) is 14.2 Å². The molecule has 3 atom stereocenters. The average Bonchev–Trinajstić information content (AvgIpc) is 2.59. The Morgan fingerprint density at radius 2 is 2.15 bits per heavy atom. The van der Waals surface area contributed by atoms with Gasteiger partial charge in [-0.15, -0.1) is 0 Å². The van der Waals surface area contributed by atoms with Crippen LogP contribution in [0.1, 0.15) is 19.8 Å². The molecule has 1 rings (SSSR count). The number of methoxy groups -OCH3 is 2. The largest absolute Gasteiger partial charge is 0.356 e. The van der Waals surface area contributed by atoms with Crippen LogP contribution in [0.3, 0.4) is 0 Å². The Bertz CT molecular complexity index is 180. The number of ketones is 1. The van der Waals surface area contributed by atoms with Gasteiger partial charge in [-0.1, -0.05) is 6.92 Å². The van der Waals surface area contributed by atoms with Gasteiger partial charge in [-0.05, 0) is 0 Å². The first kappa shape index (κ1) is 10.6. The summed E-state index contributed by atoms with van der Waals surface area (Å²) < 4.78 is 15.4. The lowest BCUT2D eigenvalue weighted by Crippen LogP contribution is -2.25. The topological polar surface area (TPSA) is 44.8 Å². The molecule has 0 aliphatic carbocycles. The summed E-state index contributed by atoms with van der Waals surface area (Å²) in [5.41, 5.74) is 0. The Balaban J connectivity index is 2.57. The zero-order chi connectivity index (χ0) is 9.84. The second-order valence-corrected chi connectivity index (χ2v) is 3.07. The summed E-state index contributed by atoms with van der Waals surface area (Å²) in [5, 5.41) is 0. The summed E-state index contributed by atoms with van der Waals surface area (Å²) in [5.74, 6) is 0.00588. The Kier molecular flexibility index (Phi) is 3.84. The van der Waals surface area contributed by atoms with E-state index in [1.54, 1.807) is 14.2 Å². The number of ether oxygens (including phenoxy) is 3. The van der Waals surface area contributed by atoms with Gasteiger partial charge in [0.1, 0.15) is 5.78 Å². The summed E-state index contributed by atoms with van der Waals surface area (Å²) in [6.45, 7) is 1.84. The van der Waals surface area contributed by atoms with E-state index in [0.29, 0.717) is 12.8 Å². The van der Waals surface area contributed by atoms with Crippen molar-refractivity contribution in [3.05, 3.63) is 0 Å². The van der Waals surface area contributed by atoms with Crippen LogP contribution in [0.5, 0.6) is 0 Å². The highest BCUT2D eigenvalue weighted by atomic mass is 16.8. The van der Waals surface area contributed by atoms with Gasteiger partial charge in [0.15, 0.2) is 12.6 Å². The van der Waals surface area contributed by atoms with Crippen LogP contribution in [0.4, 0.5) is 0 Å². The third-order valence-electron chi connectivity index (χ3n) is 2.32. The molecule has 0 bridgehead atoms. The van der Waals surface area contributed by atoms with Crippen molar-refractivity contribution in [2.75, 3.05) is 14.2 Å². The molecule has 0 saturated carbocycles. The van der Waals surface area contributed by atoms with Gasteiger partial charge in [0.05, 0.1) is 5.92 Å². The van der Waals surface area contributed by atoms with Gasteiger partial charge in [-0.2, -0.15) is 0 Å². The van der Waals surface area contributed by atoms with Crippen LogP contribution in [0.25, 0.3) is 0 Å². The quantitative estimate of drug-likeness (QED) is 0.658. The van der Waals surface area contributed by atoms with Crippen LogP contribution in [0.15, 0.2) is 0 Å². The van der Waals surface area contributed by atoms with Crippen molar-refractivity contribution in [1.29, 1.82) is 0 Å². The van der Waals surface area contributed by atoms with Gasteiger partial charge in [-0.25, -0.2) is 0 Å². The number of carbonyl (C=O) groups is 1. The molecule has 1 fully saturated rings. The van der Waals surface area contributed by atoms with Crippen molar-refractivity contribution in [2.45, 2.75) is 32.3 Å². The lowest BCUT2D eigenvalue weighted by atomic mass is 10.00. The van der Waals surface area contributed by atoms with Gasteiger partial charge in [-0.3, -0.25) is 4.79 Å². The number of hydrogen-bond acceptors (Lipinski definition) is 4. The molecule has 0 radical (unpaired) electrons. The maximum Gasteiger partial charge on any atom is 0.170 e. The fraction of sp³-hybridized carbons (Fsp3) is 0.889. The molecule has 1 aliphatic heterocycles. The highest BCUT2D eigenvalue weighted by Gasteiger charge is 2.39. The van der Waals surface area contributed by atoms with Gasteiger partial charge in [0.25, 0.3) is 0 Å². The molecule has 0 amide bonds. The minimum atomic E-state index is -0.433.